The van der Waals surface area contributed by atoms with Crippen LogP contribution in [0.4, 0.5) is 0 Å². The fourth-order valence-corrected chi connectivity index (χ4v) is 19.1. The standard InChI is InChI=1S/C31H37.C13H10.C5H5.2ClH.Zr/c1-28(2,3)26-16-30(7,8)24-12-18-11-19-13-25-23(15-21(19)20(18)14-22(24)26)27(29(4,5)6)17-31(25,9)10;1-3-7-12(8-4-1)11-13-9-5-2-6-10-13;1-2-4-5-3-1;;;/h12-16H,11H2,1-10H3;1-10H;1-3H,4H2;2*1H;/q;;;;;+2/p-2. The van der Waals surface area contributed by atoms with Gasteiger partial charge in [-0.15, -0.1) is 0 Å². The molecule has 0 amide bonds. The van der Waals surface area contributed by atoms with Crippen molar-refractivity contribution in [2.24, 2.45) is 10.8 Å². The van der Waals surface area contributed by atoms with E-state index in [4.69, 9.17) is 0 Å². The first-order chi connectivity index (χ1) is 23.6. The van der Waals surface area contributed by atoms with E-state index in [9.17, 15) is 0 Å². The molecule has 3 heteroatoms. The molecular formula is C49H52Cl2Zr. The molecule has 0 bridgehead atoms. The van der Waals surface area contributed by atoms with Crippen molar-refractivity contribution in [2.75, 3.05) is 0 Å². The number of rotatable bonds is 4. The Morgan fingerprint density at radius 1 is 0.635 bits per heavy atom. The van der Waals surface area contributed by atoms with Crippen LogP contribution in [-0.4, -0.2) is 3.21 Å². The summed E-state index contributed by atoms with van der Waals surface area (Å²) in [6.45, 7) is 24.4. The van der Waals surface area contributed by atoms with Crippen LogP contribution in [0.5, 0.6) is 0 Å². The largest absolute Gasteiger partial charge is 1.00 e. The molecule has 4 aliphatic carbocycles. The summed E-state index contributed by atoms with van der Waals surface area (Å²) >= 11 is -2.80. The first kappa shape index (κ1) is 38.9. The Morgan fingerprint density at radius 2 is 1.17 bits per heavy atom. The summed E-state index contributed by atoms with van der Waals surface area (Å²) in [5, 5.41) is 0. The summed E-state index contributed by atoms with van der Waals surface area (Å²) in [4.78, 5) is 0. The van der Waals surface area contributed by atoms with Crippen molar-refractivity contribution in [1.82, 2.24) is 0 Å². The quantitative estimate of drug-likeness (QED) is 0.189. The van der Waals surface area contributed by atoms with Crippen LogP contribution in [0, 0.1) is 10.8 Å². The van der Waals surface area contributed by atoms with Crippen molar-refractivity contribution in [3.8, 4) is 11.1 Å². The first-order valence-corrected chi connectivity index (χ1v) is 22.3. The summed E-state index contributed by atoms with van der Waals surface area (Å²) in [6.07, 6.45) is 11.8. The Balaban J connectivity index is 0.00000232. The molecular weight excluding hydrogens is 751 g/mol. The van der Waals surface area contributed by atoms with Gasteiger partial charge in [-0.3, -0.25) is 0 Å². The summed E-state index contributed by atoms with van der Waals surface area (Å²) in [7, 11) is 0. The maximum absolute atomic E-state index is 2.80. The van der Waals surface area contributed by atoms with Gasteiger partial charge < -0.3 is 24.8 Å². The molecule has 0 radical (unpaired) electrons. The second-order valence-corrected chi connectivity index (χ2v) is 24.1. The average Bonchev–Trinajstić information content (AvgIpc) is 3.81. The van der Waals surface area contributed by atoms with E-state index in [1.807, 2.05) is 0 Å². The van der Waals surface area contributed by atoms with Gasteiger partial charge in [-0.1, -0.05) is 0 Å². The van der Waals surface area contributed by atoms with Gasteiger partial charge in [-0.25, -0.2) is 0 Å². The molecule has 52 heavy (non-hydrogen) atoms. The third kappa shape index (κ3) is 6.22. The molecule has 4 aromatic carbocycles. The molecule has 0 aliphatic heterocycles. The van der Waals surface area contributed by atoms with Gasteiger partial charge in [0, 0.05) is 0 Å². The Morgan fingerprint density at radius 3 is 1.67 bits per heavy atom. The zero-order valence-electron chi connectivity index (χ0n) is 32.6. The average molecular weight is 803 g/mol. The van der Waals surface area contributed by atoms with Crippen LogP contribution in [0.25, 0.3) is 22.3 Å². The molecule has 0 saturated carbocycles. The number of allylic oxidation sites excluding steroid dienone is 8. The minimum Gasteiger partial charge on any atom is -1.00 e. The molecule has 0 fully saturated rings. The number of hydrogen-bond donors (Lipinski definition) is 0. The number of halogens is 2. The van der Waals surface area contributed by atoms with Gasteiger partial charge in [0.2, 0.25) is 0 Å². The molecule has 0 aromatic heterocycles. The van der Waals surface area contributed by atoms with Crippen molar-refractivity contribution in [3.63, 3.8) is 0 Å². The third-order valence-corrected chi connectivity index (χ3v) is 20.3. The Labute approximate surface area is 333 Å². The number of hydrogen-bond acceptors (Lipinski definition) is 0. The monoisotopic (exact) mass is 800 g/mol. The second kappa shape index (κ2) is 13.5. The van der Waals surface area contributed by atoms with Crippen LogP contribution in [0.15, 0.2) is 116 Å². The van der Waals surface area contributed by atoms with Crippen LogP contribution < -0.4 is 24.8 Å². The summed E-state index contributed by atoms with van der Waals surface area (Å²) < 4.78 is 5.06. The molecule has 0 atom stereocenters. The fraction of sp³-hybridized carbons (Fsp3) is 0.327. The molecule has 0 saturated heterocycles. The molecule has 0 nitrogen and oxygen atoms in total. The van der Waals surface area contributed by atoms with Gasteiger partial charge in [0.25, 0.3) is 0 Å². The van der Waals surface area contributed by atoms with Crippen LogP contribution >= 0.6 is 0 Å². The van der Waals surface area contributed by atoms with Gasteiger partial charge in [-0.2, -0.15) is 0 Å². The minimum absolute atomic E-state index is 0. The van der Waals surface area contributed by atoms with Crippen LogP contribution in [0.1, 0.15) is 120 Å². The molecule has 8 rings (SSSR count). The molecule has 0 unspecified atom stereocenters. The SMILES string of the molecule is CC(C)(C)C1=CC(C)(C)c2cc3c(cc21)-c1cc2c(cc1C3)C(C)(C)[C]([Zr+2]([C]1=CC=CC1)=[C](c1ccccc1)c1ccccc1)=C2C(C)(C)C.[Cl-].[Cl-]. The predicted octanol–water partition coefficient (Wildman–Crippen LogP) is 6.77. The zero-order chi connectivity index (χ0) is 35.4. The molecule has 4 aliphatic rings. The van der Waals surface area contributed by atoms with Crippen LogP contribution in [0.2, 0.25) is 0 Å². The Bertz CT molecular complexity index is 2200. The maximum atomic E-state index is 2.65. The normalized spacial score (nSPS) is 17.2. The van der Waals surface area contributed by atoms with E-state index in [0.29, 0.717) is 0 Å². The van der Waals surface area contributed by atoms with Crippen LogP contribution in [0.3, 0.4) is 0 Å². The van der Waals surface area contributed by atoms with Crippen molar-refractivity contribution in [3.05, 3.63) is 160 Å². The summed E-state index contributed by atoms with van der Waals surface area (Å²) in [5.41, 5.74) is 17.9. The van der Waals surface area contributed by atoms with E-state index in [1.165, 1.54) is 61.2 Å². The Kier molecular flexibility index (Phi) is 10.1. The van der Waals surface area contributed by atoms with Crippen molar-refractivity contribution in [1.29, 1.82) is 0 Å². The van der Waals surface area contributed by atoms with Gasteiger partial charge in [0.05, 0.1) is 0 Å². The Hall–Kier alpha value is -2.83. The van der Waals surface area contributed by atoms with Gasteiger partial charge in [0.15, 0.2) is 0 Å². The van der Waals surface area contributed by atoms with E-state index in [1.54, 1.807) is 15.3 Å². The zero-order valence-corrected chi connectivity index (χ0v) is 36.5. The predicted molar refractivity (Wildman–Crippen MR) is 212 cm³/mol. The molecule has 4 aromatic rings. The first-order valence-electron chi connectivity index (χ1n) is 18.6. The number of benzene rings is 4. The molecule has 266 valence electrons. The molecule has 0 heterocycles. The second-order valence-electron chi connectivity index (χ2n) is 18.2. The van der Waals surface area contributed by atoms with E-state index in [2.05, 4.69) is 178 Å². The van der Waals surface area contributed by atoms with Crippen molar-refractivity contribution >= 4 is 14.4 Å². The number of fused-ring (bicyclic) bond motifs is 5. The third-order valence-electron chi connectivity index (χ3n) is 11.7. The van der Waals surface area contributed by atoms with Crippen molar-refractivity contribution < 1.29 is 46.1 Å². The van der Waals surface area contributed by atoms with E-state index < -0.39 is 21.3 Å². The molecule has 0 N–H and O–H groups in total. The van der Waals surface area contributed by atoms with Crippen molar-refractivity contribution in [2.45, 2.75) is 92.9 Å². The smallest absolute Gasteiger partial charge is 1.00 e. The fourth-order valence-electron chi connectivity index (χ4n) is 9.45. The molecule has 0 spiro atoms. The van der Waals surface area contributed by atoms with E-state index in [0.717, 1.165) is 12.8 Å². The van der Waals surface area contributed by atoms with E-state index >= 15 is 0 Å². The topological polar surface area (TPSA) is 0 Å². The van der Waals surface area contributed by atoms with Crippen LogP contribution in [-0.2, 0) is 38.5 Å². The van der Waals surface area contributed by atoms with Gasteiger partial charge in [0.1, 0.15) is 0 Å². The van der Waals surface area contributed by atoms with Gasteiger partial charge in [-0.05, 0) is 0 Å². The van der Waals surface area contributed by atoms with E-state index in [-0.39, 0.29) is 46.5 Å². The summed E-state index contributed by atoms with van der Waals surface area (Å²) in [6, 6.07) is 33.1. The minimum atomic E-state index is -2.80. The summed E-state index contributed by atoms with van der Waals surface area (Å²) in [5.74, 6) is 0. The van der Waals surface area contributed by atoms with Gasteiger partial charge >= 0.3 is 311 Å². The maximum Gasteiger partial charge on any atom is -1.00 e.